The SMILES string of the molecule is CCCc1cc(C(=O)O)cc(OCCN2CCCC2)n1. The number of nitrogens with zero attached hydrogens (tertiary/aromatic N) is 2. The maximum atomic E-state index is 11.1. The minimum atomic E-state index is -0.936. The quantitative estimate of drug-likeness (QED) is 0.828. The third-order valence-corrected chi connectivity index (χ3v) is 3.46. The Bertz CT molecular complexity index is 456. The van der Waals surface area contributed by atoms with E-state index in [4.69, 9.17) is 9.84 Å². The Balaban J connectivity index is 1.96. The average molecular weight is 278 g/mol. The van der Waals surface area contributed by atoms with Crippen molar-refractivity contribution in [2.75, 3.05) is 26.2 Å². The van der Waals surface area contributed by atoms with Gasteiger partial charge < -0.3 is 9.84 Å². The molecule has 0 aromatic carbocycles. The molecule has 1 fully saturated rings. The molecule has 110 valence electrons. The van der Waals surface area contributed by atoms with Crippen LogP contribution in [0.3, 0.4) is 0 Å². The van der Waals surface area contributed by atoms with Gasteiger partial charge in [-0.15, -0.1) is 0 Å². The highest BCUT2D eigenvalue weighted by Crippen LogP contribution is 2.15. The molecule has 1 saturated heterocycles. The molecule has 0 atom stereocenters. The number of carbonyl (C=O) groups is 1. The van der Waals surface area contributed by atoms with Crippen molar-refractivity contribution in [1.29, 1.82) is 0 Å². The highest BCUT2D eigenvalue weighted by atomic mass is 16.5. The van der Waals surface area contributed by atoms with Gasteiger partial charge in [0, 0.05) is 18.3 Å². The first-order valence-corrected chi connectivity index (χ1v) is 7.28. The Labute approximate surface area is 119 Å². The van der Waals surface area contributed by atoms with E-state index in [1.165, 1.54) is 18.9 Å². The summed E-state index contributed by atoms with van der Waals surface area (Å²) < 4.78 is 5.63. The minimum absolute atomic E-state index is 0.250. The van der Waals surface area contributed by atoms with Crippen molar-refractivity contribution in [3.05, 3.63) is 23.4 Å². The van der Waals surface area contributed by atoms with E-state index < -0.39 is 5.97 Å². The molecule has 0 amide bonds. The van der Waals surface area contributed by atoms with Crippen LogP contribution in [0.4, 0.5) is 0 Å². The van der Waals surface area contributed by atoms with Crippen LogP contribution in [0, 0.1) is 0 Å². The number of pyridine rings is 1. The third kappa shape index (κ3) is 4.20. The van der Waals surface area contributed by atoms with Gasteiger partial charge in [-0.25, -0.2) is 9.78 Å². The van der Waals surface area contributed by atoms with Crippen molar-refractivity contribution in [1.82, 2.24) is 9.88 Å². The summed E-state index contributed by atoms with van der Waals surface area (Å²) in [5, 5.41) is 9.11. The fraction of sp³-hybridized carbons (Fsp3) is 0.600. The lowest BCUT2D eigenvalue weighted by Crippen LogP contribution is -2.25. The molecule has 2 heterocycles. The van der Waals surface area contributed by atoms with Crippen LogP contribution in [0.25, 0.3) is 0 Å². The van der Waals surface area contributed by atoms with Crippen molar-refractivity contribution in [2.24, 2.45) is 0 Å². The van der Waals surface area contributed by atoms with Crippen molar-refractivity contribution >= 4 is 5.97 Å². The zero-order valence-electron chi connectivity index (χ0n) is 12.0. The molecule has 0 aliphatic carbocycles. The van der Waals surface area contributed by atoms with Crippen molar-refractivity contribution in [3.8, 4) is 5.88 Å². The summed E-state index contributed by atoms with van der Waals surface area (Å²) in [6, 6.07) is 3.13. The summed E-state index contributed by atoms with van der Waals surface area (Å²) >= 11 is 0. The van der Waals surface area contributed by atoms with E-state index in [1.54, 1.807) is 6.07 Å². The van der Waals surface area contributed by atoms with Crippen molar-refractivity contribution in [2.45, 2.75) is 32.6 Å². The normalized spacial score (nSPS) is 15.4. The lowest BCUT2D eigenvalue weighted by molar-refractivity contribution is 0.0696. The van der Waals surface area contributed by atoms with E-state index in [0.717, 1.165) is 38.2 Å². The average Bonchev–Trinajstić information content (AvgIpc) is 2.92. The third-order valence-electron chi connectivity index (χ3n) is 3.46. The monoisotopic (exact) mass is 278 g/mol. The molecular weight excluding hydrogens is 256 g/mol. The zero-order chi connectivity index (χ0) is 14.4. The molecule has 5 heteroatoms. The highest BCUT2D eigenvalue weighted by molar-refractivity contribution is 5.88. The Morgan fingerprint density at radius 1 is 1.40 bits per heavy atom. The summed E-state index contributed by atoms with van der Waals surface area (Å²) in [6.07, 6.45) is 4.22. The van der Waals surface area contributed by atoms with Gasteiger partial charge in [-0.2, -0.15) is 0 Å². The van der Waals surface area contributed by atoms with Gasteiger partial charge in [-0.05, 0) is 38.4 Å². The summed E-state index contributed by atoms with van der Waals surface area (Å²) in [6.45, 7) is 5.74. The van der Waals surface area contributed by atoms with Gasteiger partial charge in [0.05, 0.1) is 5.56 Å². The summed E-state index contributed by atoms with van der Waals surface area (Å²) in [4.78, 5) is 17.8. The predicted molar refractivity (Wildman–Crippen MR) is 76.4 cm³/mol. The van der Waals surface area contributed by atoms with E-state index in [0.29, 0.717) is 12.5 Å². The first kappa shape index (κ1) is 14.8. The van der Waals surface area contributed by atoms with Gasteiger partial charge in [0.1, 0.15) is 6.61 Å². The maximum absolute atomic E-state index is 11.1. The van der Waals surface area contributed by atoms with E-state index >= 15 is 0 Å². The number of aromatic carboxylic acids is 1. The number of carboxylic acids is 1. The second-order valence-corrected chi connectivity index (χ2v) is 5.14. The van der Waals surface area contributed by atoms with Crippen LogP contribution in [0.5, 0.6) is 5.88 Å². The van der Waals surface area contributed by atoms with E-state index in [9.17, 15) is 4.79 Å². The molecule has 2 rings (SSSR count). The van der Waals surface area contributed by atoms with Crippen LogP contribution in [0.15, 0.2) is 12.1 Å². The van der Waals surface area contributed by atoms with Gasteiger partial charge in [0.25, 0.3) is 0 Å². The lowest BCUT2D eigenvalue weighted by atomic mass is 10.1. The molecule has 0 spiro atoms. The van der Waals surface area contributed by atoms with Crippen LogP contribution in [0.1, 0.15) is 42.2 Å². The smallest absolute Gasteiger partial charge is 0.335 e. The van der Waals surface area contributed by atoms with Crippen LogP contribution in [-0.4, -0.2) is 47.2 Å². The van der Waals surface area contributed by atoms with Crippen LogP contribution >= 0.6 is 0 Å². The van der Waals surface area contributed by atoms with E-state index in [-0.39, 0.29) is 5.56 Å². The van der Waals surface area contributed by atoms with Crippen LogP contribution in [0.2, 0.25) is 0 Å². The molecule has 5 nitrogen and oxygen atoms in total. The molecule has 1 N–H and O–H groups in total. The molecular formula is C15H22N2O3. The Morgan fingerprint density at radius 3 is 2.80 bits per heavy atom. The molecule has 1 aliphatic heterocycles. The number of hydrogen-bond donors (Lipinski definition) is 1. The van der Waals surface area contributed by atoms with E-state index in [2.05, 4.69) is 9.88 Å². The Hall–Kier alpha value is -1.62. The number of likely N-dealkylation sites (tertiary alicyclic amines) is 1. The number of carboxylic acid groups (broad SMARTS) is 1. The summed E-state index contributed by atoms with van der Waals surface area (Å²) in [5.74, 6) is -0.512. The van der Waals surface area contributed by atoms with Gasteiger partial charge >= 0.3 is 5.97 Å². The molecule has 0 saturated carbocycles. The highest BCUT2D eigenvalue weighted by Gasteiger charge is 2.12. The topological polar surface area (TPSA) is 62.7 Å². The predicted octanol–water partition coefficient (Wildman–Crippen LogP) is 2.21. The fourth-order valence-corrected chi connectivity index (χ4v) is 2.43. The molecule has 20 heavy (non-hydrogen) atoms. The molecule has 0 radical (unpaired) electrons. The molecule has 0 unspecified atom stereocenters. The minimum Gasteiger partial charge on any atom is -0.478 e. The molecule has 1 aromatic rings. The van der Waals surface area contributed by atoms with Crippen molar-refractivity contribution in [3.63, 3.8) is 0 Å². The van der Waals surface area contributed by atoms with E-state index in [1.807, 2.05) is 6.92 Å². The molecule has 0 bridgehead atoms. The first-order chi connectivity index (χ1) is 9.69. The van der Waals surface area contributed by atoms with Crippen molar-refractivity contribution < 1.29 is 14.6 Å². The number of ether oxygens (including phenoxy) is 1. The van der Waals surface area contributed by atoms with Gasteiger partial charge in [-0.1, -0.05) is 13.3 Å². The standard InChI is InChI=1S/C15H22N2O3/c1-2-5-13-10-12(15(18)19)11-14(16-13)20-9-8-17-6-3-4-7-17/h10-11H,2-9H2,1H3,(H,18,19). The second kappa shape index (κ2) is 7.24. The number of hydrogen-bond acceptors (Lipinski definition) is 4. The second-order valence-electron chi connectivity index (χ2n) is 5.14. The maximum Gasteiger partial charge on any atom is 0.335 e. The number of aromatic nitrogens is 1. The number of aryl methyl sites for hydroxylation is 1. The van der Waals surface area contributed by atoms with Crippen LogP contribution < -0.4 is 4.74 Å². The summed E-state index contributed by atoms with van der Waals surface area (Å²) in [7, 11) is 0. The van der Waals surface area contributed by atoms with Gasteiger partial charge in [-0.3, -0.25) is 4.90 Å². The Kier molecular flexibility index (Phi) is 5.35. The largest absolute Gasteiger partial charge is 0.478 e. The fourth-order valence-electron chi connectivity index (χ4n) is 2.43. The Morgan fingerprint density at radius 2 is 2.15 bits per heavy atom. The first-order valence-electron chi connectivity index (χ1n) is 7.28. The molecule has 1 aliphatic rings. The molecule has 1 aromatic heterocycles. The zero-order valence-corrected chi connectivity index (χ0v) is 12.0. The summed E-state index contributed by atoms with van der Waals surface area (Å²) in [5.41, 5.74) is 1.03. The van der Waals surface area contributed by atoms with Crippen LogP contribution in [-0.2, 0) is 6.42 Å². The number of rotatable bonds is 7. The lowest BCUT2D eigenvalue weighted by Gasteiger charge is -2.15. The van der Waals surface area contributed by atoms with Gasteiger partial charge in [0.15, 0.2) is 0 Å². The van der Waals surface area contributed by atoms with Gasteiger partial charge in [0.2, 0.25) is 5.88 Å².